The Morgan fingerprint density at radius 2 is 2.00 bits per heavy atom. The summed E-state index contributed by atoms with van der Waals surface area (Å²) in [7, 11) is 0. The number of hydrogen-bond donors (Lipinski definition) is 1. The lowest BCUT2D eigenvalue weighted by molar-refractivity contribution is -0.498. The van der Waals surface area contributed by atoms with Crippen molar-refractivity contribution in [3.8, 4) is 11.5 Å². The summed E-state index contributed by atoms with van der Waals surface area (Å²) in [5.41, 5.74) is -0.894. The minimum atomic E-state index is -4.53. The average molecular weight is 389 g/mol. The van der Waals surface area contributed by atoms with Gasteiger partial charge in [-0.3, -0.25) is 10.1 Å². The third-order valence-corrected chi connectivity index (χ3v) is 3.73. The minimum absolute atomic E-state index is 0.0263. The molecular weight excluding hydrogens is 377 g/mol. The number of nitrogens with zero attached hydrogens (tertiary/aromatic N) is 2. The van der Waals surface area contributed by atoms with E-state index in [0.29, 0.717) is 0 Å². The number of alkyl halides is 3. The lowest BCUT2D eigenvalue weighted by Crippen LogP contribution is -2.27. The zero-order valence-corrected chi connectivity index (χ0v) is 14.0. The van der Waals surface area contributed by atoms with Crippen LogP contribution in [-0.2, 0) is 6.18 Å². The highest BCUT2D eigenvalue weighted by atomic mass is 35.5. The summed E-state index contributed by atoms with van der Waals surface area (Å²) in [5, 5.41) is 22.6. The van der Waals surface area contributed by atoms with Gasteiger partial charge in [0.2, 0.25) is 0 Å². The molecule has 2 aromatic carbocycles. The summed E-state index contributed by atoms with van der Waals surface area (Å²) in [6.07, 6.45) is -4.53. The first-order valence-corrected chi connectivity index (χ1v) is 7.51. The predicted octanol–water partition coefficient (Wildman–Crippen LogP) is 4.99. The topological polar surface area (TPSA) is 85.0 Å². The van der Waals surface area contributed by atoms with Crippen LogP contribution >= 0.6 is 11.6 Å². The second-order valence-corrected chi connectivity index (χ2v) is 5.63. The van der Waals surface area contributed by atoms with Crippen LogP contribution in [0.4, 0.5) is 13.2 Å². The van der Waals surface area contributed by atoms with Crippen molar-refractivity contribution < 1.29 is 28.0 Å². The zero-order chi connectivity index (χ0) is 19.5. The Labute approximate surface area is 150 Å². The van der Waals surface area contributed by atoms with E-state index in [1.165, 1.54) is 31.2 Å². The van der Waals surface area contributed by atoms with Crippen LogP contribution in [0.5, 0.6) is 11.5 Å². The van der Waals surface area contributed by atoms with Crippen LogP contribution in [0.25, 0.3) is 0 Å². The summed E-state index contributed by atoms with van der Waals surface area (Å²) in [6.45, 7) is 1.25. The van der Waals surface area contributed by atoms with E-state index in [9.17, 15) is 23.3 Å². The molecule has 6 nitrogen and oxygen atoms in total. The molecule has 0 aliphatic heterocycles. The van der Waals surface area contributed by atoms with E-state index in [4.69, 9.17) is 21.5 Å². The van der Waals surface area contributed by atoms with E-state index in [0.717, 1.165) is 18.2 Å². The van der Waals surface area contributed by atoms with Gasteiger partial charge in [0.05, 0.1) is 10.6 Å². The molecule has 0 aliphatic rings. The second kappa shape index (κ2) is 7.61. The first kappa shape index (κ1) is 19.5. The molecule has 0 saturated carbocycles. The number of ether oxygens (including phenoxy) is 1. The van der Waals surface area contributed by atoms with Crippen molar-refractivity contribution >= 4 is 17.3 Å². The fraction of sp³-hybridized carbons (Fsp3) is 0.188. The third-order valence-electron chi connectivity index (χ3n) is 3.44. The molecule has 0 spiro atoms. The number of oxime groups is 1. The molecular formula is C16H12ClF3N2O4. The standard InChI is InChI=1S/C16H12ClF3N2O4/c1-9(22(24)25)15(21-23)10-3-2-4-12(7-10)26-14-6-5-11(8-13(14)17)16(18,19)20/h2-9,23H,1H3. The number of halogens is 4. The highest BCUT2D eigenvalue weighted by molar-refractivity contribution is 6.32. The van der Waals surface area contributed by atoms with E-state index < -0.39 is 22.7 Å². The molecule has 1 N–H and O–H groups in total. The molecule has 2 aromatic rings. The number of nitro groups is 1. The lowest BCUT2D eigenvalue weighted by Gasteiger charge is -2.12. The molecule has 0 aromatic heterocycles. The van der Waals surface area contributed by atoms with E-state index in [2.05, 4.69) is 5.16 Å². The molecule has 0 fully saturated rings. The van der Waals surface area contributed by atoms with Crippen LogP contribution in [-0.4, -0.2) is 21.9 Å². The van der Waals surface area contributed by atoms with Crippen LogP contribution in [0, 0.1) is 10.1 Å². The minimum Gasteiger partial charge on any atom is -0.456 e. The van der Waals surface area contributed by atoms with E-state index in [-0.39, 0.29) is 27.8 Å². The van der Waals surface area contributed by atoms with Crippen molar-refractivity contribution in [2.45, 2.75) is 19.1 Å². The molecule has 10 heteroatoms. The summed E-state index contributed by atoms with van der Waals surface area (Å²) < 4.78 is 43.4. The molecule has 2 rings (SSSR count). The van der Waals surface area contributed by atoms with Gasteiger partial charge in [0.1, 0.15) is 11.5 Å². The van der Waals surface area contributed by atoms with Crippen molar-refractivity contribution in [1.29, 1.82) is 0 Å². The van der Waals surface area contributed by atoms with E-state index in [1.54, 1.807) is 0 Å². The number of rotatable bonds is 5. The third kappa shape index (κ3) is 4.42. The summed E-state index contributed by atoms with van der Waals surface area (Å²) in [4.78, 5) is 10.2. The maximum atomic E-state index is 12.7. The molecule has 0 aliphatic carbocycles. The monoisotopic (exact) mass is 388 g/mol. The Hall–Kier alpha value is -2.81. The molecule has 1 atom stereocenters. The Bertz CT molecular complexity index is 856. The number of hydrogen-bond acceptors (Lipinski definition) is 5. The van der Waals surface area contributed by atoms with Crippen molar-refractivity contribution in [3.05, 3.63) is 68.7 Å². The summed E-state index contributed by atoms with van der Waals surface area (Å²) in [5.74, 6) is 0.127. The molecule has 138 valence electrons. The second-order valence-electron chi connectivity index (χ2n) is 5.22. The molecule has 0 radical (unpaired) electrons. The maximum absolute atomic E-state index is 12.7. The van der Waals surface area contributed by atoms with Gasteiger partial charge in [0, 0.05) is 17.4 Å². The fourth-order valence-electron chi connectivity index (χ4n) is 2.09. The van der Waals surface area contributed by atoms with Crippen molar-refractivity contribution in [2.24, 2.45) is 5.16 Å². The molecule has 1 unspecified atom stereocenters. The SMILES string of the molecule is CC(C(=NO)c1cccc(Oc2ccc(C(F)(F)F)cc2Cl)c1)[N+](=O)[O-]. The summed E-state index contributed by atoms with van der Waals surface area (Å²) in [6, 6.07) is 7.13. The normalized spacial score (nSPS) is 13.3. The molecule has 0 bridgehead atoms. The van der Waals surface area contributed by atoms with Crippen molar-refractivity contribution in [2.75, 3.05) is 0 Å². The zero-order valence-electron chi connectivity index (χ0n) is 13.2. The fourth-order valence-corrected chi connectivity index (χ4v) is 2.31. The first-order valence-electron chi connectivity index (χ1n) is 7.14. The van der Waals surface area contributed by atoms with Gasteiger partial charge >= 0.3 is 6.18 Å². The molecule has 0 saturated heterocycles. The predicted molar refractivity (Wildman–Crippen MR) is 87.7 cm³/mol. The van der Waals surface area contributed by atoms with E-state index >= 15 is 0 Å². The van der Waals surface area contributed by atoms with Crippen molar-refractivity contribution in [3.63, 3.8) is 0 Å². The Morgan fingerprint density at radius 1 is 1.31 bits per heavy atom. The van der Waals surface area contributed by atoms with Crippen LogP contribution in [0.2, 0.25) is 5.02 Å². The largest absolute Gasteiger partial charge is 0.456 e. The van der Waals surface area contributed by atoms with Gasteiger partial charge in [0.25, 0.3) is 6.04 Å². The first-order chi connectivity index (χ1) is 12.1. The van der Waals surface area contributed by atoms with Gasteiger partial charge in [0.15, 0.2) is 5.71 Å². The Balaban J connectivity index is 2.31. The van der Waals surface area contributed by atoms with Gasteiger partial charge in [-0.2, -0.15) is 13.2 Å². The van der Waals surface area contributed by atoms with Gasteiger partial charge in [-0.15, -0.1) is 0 Å². The van der Waals surface area contributed by atoms with Gasteiger partial charge in [-0.25, -0.2) is 0 Å². The average Bonchev–Trinajstić information content (AvgIpc) is 2.56. The van der Waals surface area contributed by atoms with Crippen molar-refractivity contribution in [1.82, 2.24) is 0 Å². The number of benzene rings is 2. The van der Waals surface area contributed by atoms with Gasteiger partial charge in [-0.05, 0) is 30.3 Å². The Kier molecular flexibility index (Phi) is 5.71. The van der Waals surface area contributed by atoms with E-state index in [1.807, 2.05) is 0 Å². The molecule has 26 heavy (non-hydrogen) atoms. The maximum Gasteiger partial charge on any atom is 0.416 e. The van der Waals surface area contributed by atoms with Crippen LogP contribution in [0.1, 0.15) is 18.1 Å². The van der Waals surface area contributed by atoms with Crippen LogP contribution in [0.15, 0.2) is 47.6 Å². The highest BCUT2D eigenvalue weighted by Crippen LogP contribution is 2.36. The van der Waals surface area contributed by atoms with Crippen LogP contribution in [0.3, 0.4) is 0 Å². The summed E-state index contributed by atoms with van der Waals surface area (Å²) >= 11 is 5.83. The smallest absolute Gasteiger partial charge is 0.416 e. The van der Waals surface area contributed by atoms with Gasteiger partial charge in [-0.1, -0.05) is 28.9 Å². The molecule has 0 amide bonds. The molecule has 0 heterocycles. The van der Waals surface area contributed by atoms with Crippen LogP contribution < -0.4 is 4.74 Å². The Morgan fingerprint density at radius 3 is 2.54 bits per heavy atom. The lowest BCUT2D eigenvalue weighted by atomic mass is 10.0. The highest BCUT2D eigenvalue weighted by Gasteiger charge is 2.31. The quantitative estimate of drug-likeness (QED) is 0.338. The van der Waals surface area contributed by atoms with Gasteiger partial charge < -0.3 is 9.94 Å².